The van der Waals surface area contributed by atoms with Gasteiger partial charge >= 0.3 is 0 Å². The topological polar surface area (TPSA) is 12.0 Å². The third-order valence-electron chi connectivity index (χ3n) is 4.74. The molecule has 0 aromatic heterocycles. The van der Waals surface area contributed by atoms with E-state index in [4.69, 9.17) is 0 Å². The predicted molar refractivity (Wildman–Crippen MR) is 89.9 cm³/mol. The zero-order chi connectivity index (χ0) is 14.7. The summed E-state index contributed by atoms with van der Waals surface area (Å²) < 4.78 is 0. The van der Waals surface area contributed by atoms with E-state index >= 15 is 0 Å². The summed E-state index contributed by atoms with van der Waals surface area (Å²) in [6.07, 6.45) is 1.22. The molecule has 1 N–H and O–H groups in total. The van der Waals surface area contributed by atoms with Gasteiger partial charge in [0.15, 0.2) is 0 Å². The fourth-order valence-electron chi connectivity index (χ4n) is 3.44. The van der Waals surface area contributed by atoms with Crippen molar-refractivity contribution < 1.29 is 0 Å². The smallest absolute Gasteiger partial charge is 0.00326 e. The first-order valence-corrected chi connectivity index (χ1v) is 8.11. The van der Waals surface area contributed by atoms with E-state index < -0.39 is 0 Å². The Balaban J connectivity index is 1.87. The van der Waals surface area contributed by atoms with Crippen LogP contribution in [0.1, 0.15) is 54.7 Å². The lowest BCUT2D eigenvalue weighted by atomic mass is 9.77. The minimum absolute atomic E-state index is 0.588. The van der Waals surface area contributed by atoms with Crippen LogP contribution in [-0.2, 0) is 0 Å². The Labute approximate surface area is 128 Å². The number of nitrogens with one attached hydrogen (secondary N) is 1. The fourth-order valence-corrected chi connectivity index (χ4v) is 3.44. The van der Waals surface area contributed by atoms with Crippen LogP contribution in [0.25, 0.3) is 0 Å². The Morgan fingerprint density at radius 3 is 2.19 bits per heavy atom. The molecule has 21 heavy (non-hydrogen) atoms. The van der Waals surface area contributed by atoms with Gasteiger partial charge in [0.25, 0.3) is 0 Å². The van der Waals surface area contributed by atoms with E-state index in [-0.39, 0.29) is 0 Å². The van der Waals surface area contributed by atoms with Crippen molar-refractivity contribution in [1.82, 2.24) is 5.32 Å². The Kier molecular flexibility index (Phi) is 4.40. The van der Waals surface area contributed by atoms with Crippen molar-refractivity contribution in [2.75, 3.05) is 13.1 Å². The van der Waals surface area contributed by atoms with Crippen LogP contribution in [0, 0.1) is 0 Å². The summed E-state index contributed by atoms with van der Waals surface area (Å²) in [4.78, 5) is 0. The van der Waals surface area contributed by atoms with Gasteiger partial charge in [0, 0.05) is 12.5 Å². The van der Waals surface area contributed by atoms with Crippen molar-refractivity contribution in [3.8, 4) is 0 Å². The van der Waals surface area contributed by atoms with Crippen molar-refractivity contribution >= 4 is 0 Å². The van der Waals surface area contributed by atoms with Gasteiger partial charge in [0.1, 0.15) is 0 Å². The molecule has 0 bridgehead atoms. The highest BCUT2D eigenvalue weighted by Crippen LogP contribution is 2.37. The van der Waals surface area contributed by atoms with Crippen LogP contribution < -0.4 is 5.32 Å². The Bertz CT molecular complexity index is 556. The van der Waals surface area contributed by atoms with E-state index in [0.29, 0.717) is 17.8 Å². The normalized spacial score (nSPS) is 22.4. The lowest BCUT2D eigenvalue weighted by molar-refractivity contribution is 0.404. The van der Waals surface area contributed by atoms with Gasteiger partial charge < -0.3 is 5.32 Å². The zero-order valence-electron chi connectivity index (χ0n) is 13.0. The maximum absolute atomic E-state index is 3.56. The molecule has 0 aliphatic carbocycles. The third kappa shape index (κ3) is 3.19. The molecule has 1 saturated heterocycles. The molecule has 0 radical (unpaired) electrons. The molecule has 1 aliphatic rings. The van der Waals surface area contributed by atoms with E-state index in [0.717, 1.165) is 13.1 Å². The minimum Gasteiger partial charge on any atom is -0.316 e. The summed E-state index contributed by atoms with van der Waals surface area (Å²) in [5.41, 5.74) is 4.39. The van der Waals surface area contributed by atoms with Gasteiger partial charge in [0.05, 0.1) is 0 Å². The maximum Gasteiger partial charge on any atom is 0.00326 e. The van der Waals surface area contributed by atoms with Crippen molar-refractivity contribution in [3.05, 3.63) is 71.3 Å². The highest BCUT2D eigenvalue weighted by Gasteiger charge is 2.27. The summed E-state index contributed by atoms with van der Waals surface area (Å²) in [5, 5.41) is 3.56. The number of benzene rings is 2. The van der Waals surface area contributed by atoms with Crippen LogP contribution in [0.5, 0.6) is 0 Å². The van der Waals surface area contributed by atoms with Crippen LogP contribution in [-0.4, -0.2) is 13.1 Å². The molecule has 110 valence electrons. The molecule has 1 heteroatoms. The summed E-state index contributed by atoms with van der Waals surface area (Å²) in [6, 6.07) is 20.3. The van der Waals surface area contributed by atoms with Gasteiger partial charge in [-0.1, -0.05) is 68.4 Å². The molecule has 1 fully saturated rings. The first-order valence-electron chi connectivity index (χ1n) is 8.11. The third-order valence-corrected chi connectivity index (χ3v) is 4.74. The van der Waals surface area contributed by atoms with Crippen molar-refractivity contribution in [2.45, 2.75) is 38.0 Å². The Morgan fingerprint density at radius 2 is 1.52 bits per heavy atom. The molecule has 0 saturated carbocycles. The fraction of sp³-hybridized carbons (Fsp3) is 0.400. The van der Waals surface area contributed by atoms with Crippen LogP contribution >= 0.6 is 0 Å². The number of piperidine rings is 1. The highest BCUT2D eigenvalue weighted by atomic mass is 14.9. The average molecular weight is 279 g/mol. The second-order valence-corrected chi connectivity index (χ2v) is 6.44. The van der Waals surface area contributed by atoms with Crippen molar-refractivity contribution in [2.24, 2.45) is 0 Å². The van der Waals surface area contributed by atoms with Crippen LogP contribution in [0.2, 0.25) is 0 Å². The molecule has 1 aliphatic heterocycles. The molecule has 1 nitrogen and oxygen atoms in total. The van der Waals surface area contributed by atoms with Crippen LogP contribution in [0.4, 0.5) is 0 Å². The van der Waals surface area contributed by atoms with Gasteiger partial charge in [-0.15, -0.1) is 0 Å². The summed E-state index contributed by atoms with van der Waals surface area (Å²) in [7, 11) is 0. The molecule has 2 aromatic rings. The molecule has 0 amide bonds. The van der Waals surface area contributed by atoms with Crippen molar-refractivity contribution in [1.29, 1.82) is 0 Å². The minimum atomic E-state index is 0.588. The Hall–Kier alpha value is -1.60. The summed E-state index contributed by atoms with van der Waals surface area (Å²) in [5.74, 6) is 1.83. The van der Waals surface area contributed by atoms with E-state index in [9.17, 15) is 0 Å². The highest BCUT2D eigenvalue weighted by molar-refractivity contribution is 5.32. The largest absolute Gasteiger partial charge is 0.316 e. The lowest BCUT2D eigenvalue weighted by Crippen LogP contribution is -2.34. The van der Waals surface area contributed by atoms with E-state index in [2.05, 4.69) is 73.8 Å². The van der Waals surface area contributed by atoms with E-state index in [1.165, 1.54) is 23.1 Å². The molecule has 3 rings (SSSR count). The average Bonchev–Trinajstić information content (AvgIpc) is 2.56. The molecule has 2 unspecified atom stereocenters. The quantitative estimate of drug-likeness (QED) is 0.861. The number of hydrogen-bond donors (Lipinski definition) is 1. The van der Waals surface area contributed by atoms with Gasteiger partial charge in [-0.2, -0.15) is 0 Å². The van der Waals surface area contributed by atoms with Gasteiger partial charge in [-0.05, 0) is 41.5 Å². The summed E-state index contributed by atoms with van der Waals surface area (Å²) >= 11 is 0. The van der Waals surface area contributed by atoms with Crippen LogP contribution in [0.15, 0.2) is 54.6 Å². The molecule has 2 atom stereocenters. The molecule has 2 aromatic carbocycles. The first kappa shape index (κ1) is 14.3. The second kappa shape index (κ2) is 6.44. The zero-order valence-corrected chi connectivity index (χ0v) is 13.0. The Morgan fingerprint density at radius 1 is 0.857 bits per heavy atom. The monoisotopic (exact) mass is 279 g/mol. The standard InChI is InChI=1S/C20H25N/c1-15(2)16-8-10-18(11-9-16)19-12-13-21-14-20(19)17-6-4-3-5-7-17/h3-11,15,19-21H,12-14H2,1-2H3. The van der Waals surface area contributed by atoms with Crippen molar-refractivity contribution in [3.63, 3.8) is 0 Å². The number of rotatable bonds is 3. The lowest BCUT2D eigenvalue weighted by Gasteiger charge is -2.33. The second-order valence-electron chi connectivity index (χ2n) is 6.44. The maximum atomic E-state index is 3.56. The van der Waals surface area contributed by atoms with Gasteiger partial charge in [-0.3, -0.25) is 0 Å². The molecule has 0 spiro atoms. The van der Waals surface area contributed by atoms with E-state index in [1.54, 1.807) is 0 Å². The van der Waals surface area contributed by atoms with Crippen LogP contribution in [0.3, 0.4) is 0 Å². The SMILES string of the molecule is CC(C)c1ccc(C2CCNCC2c2ccccc2)cc1. The molecule has 1 heterocycles. The van der Waals surface area contributed by atoms with E-state index in [1.807, 2.05) is 0 Å². The van der Waals surface area contributed by atoms with Gasteiger partial charge in [0.2, 0.25) is 0 Å². The molecular weight excluding hydrogens is 254 g/mol. The summed E-state index contributed by atoms with van der Waals surface area (Å²) in [6.45, 7) is 6.72. The first-order chi connectivity index (χ1) is 10.3. The number of hydrogen-bond acceptors (Lipinski definition) is 1. The van der Waals surface area contributed by atoms with Gasteiger partial charge in [-0.25, -0.2) is 0 Å². The predicted octanol–water partition coefficient (Wildman–Crippen LogP) is 4.67. The molecular formula is C20H25N.